The first kappa shape index (κ1) is 17.8. The van der Waals surface area contributed by atoms with Gasteiger partial charge in [0.25, 0.3) is 0 Å². The Morgan fingerprint density at radius 1 is 1.24 bits per heavy atom. The van der Waals surface area contributed by atoms with Gasteiger partial charge in [0.05, 0.1) is 22.4 Å². The van der Waals surface area contributed by atoms with Crippen LogP contribution < -0.4 is 5.32 Å². The number of fused-ring (bicyclic) bond motifs is 1. The van der Waals surface area contributed by atoms with E-state index in [4.69, 9.17) is 11.6 Å². The lowest BCUT2D eigenvalue weighted by molar-refractivity contribution is -0.115. The van der Waals surface area contributed by atoms with Crippen molar-refractivity contribution in [2.75, 3.05) is 11.1 Å². The number of benzene rings is 2. The maximum atomic E-state index is 12.6. The van der Waals surface area contributed by atoms with Crippen molar-refractivity contribution in [3.63, 3.8) is 0 Å². The summed E-state index contributed by atoms with van der Waals surface area (Å²) in [6.45, 7) is 1.81. The number of amides is 1. The number of aryl methyl sites for hydroxylation is 1. The van der Waals surface area contributed by atoms with Gasteiger partial charge in [-0.15, -0.1) is 0 Å². The number of hydrogen-bond donors (Lipinski definition) is 1. The van der Waals surface area contributed by atoms with Crippen LogP contribution in [0.1, 0.15) is 12.0 Å². The Bertz CT molecular complexity index is 1050. The number of rotatable bonds is 5. The average molecular weight is 396 g/mol. The molecule has 3 rings (SSSR count). The van der Waals surface area contributed by atoms with Crippen LogP contribution in [-0.2, 0) is 14.6 Å². The highest BCUT2D eigenvalue weighted by Gasteiger charge is 2.21. The topological polar surface area (TPSA) is 89.0 Å². The van der Waals surface area contributed by atoms with Gasteiger partial charge in [-0.05, 0) is 42.8 Å². The van der Waals surface area contributed by atoms with E-state index in [0.29, 0.717) is 21.7 Å². The number of sulfone groups is 1. The van der Waals surface area contributed by atoms with Gasteiger partial charge in [-0.2, -0.15) is 8.75 Å². The number of aromatic nitrogens is 2. The molecule has 25 heavy (non-hydrogen) atoms. The molecule has 0 fully saturated rings. The lowest BCUT2D eigenvalue weighted by atomic mass is 10.2. The Morgan fingerprint density at radius 3 is 2.80 bits per heavy atom. The van der Waals surface area contributed by atoms with E-state index < -0.39 is 9.84 Å². The van der Waals surface area contributed by atoms with Gasteiger partial charge in [0.1, 0.15) is 11.0 Å². The largest absolute Gasteiger partial charge is 0.326 e. The molecule has 0 atom stereocenters. The Kier molecular flexibility index (Phi) is 5.03. The van der Waals surface area contributed by atoms with Crippen LogP contribution in [0.25, 0.3) is 11.0 Å². The van der Waals surface area contributed by atoms with Gasteiger partial charge in [0.2, 0.25) is 5.91 Å². The van der Waals surface area contributed by atoms with E-state index in [1.54, 1.807) is 30.3 Å². The van der Waals surface area contributed by atoms with Crippen molar-refractivity contribution in [3.8, 4) is 0 Å². The number of carbonyl (C=O) groups excluding carboxylic acids is 1. The molecule has 0 unspecified atom stereocenters. The predicted octanol–water partition coefficient (Wildman–Crippen LogP) is 3.46. The normalized spacial score (nSPS) is 11.6. The van der Waals surface area contributed by atoms with Gasteiger partial charge in [-0.25, -0.2) is 8.42 Å². The molecule has 130 valence electrons. The summed E-state index contributed by atoms with van der Waals surface area (Å²) < 4.78 is 33.2. The second-order valence-corrected chi connectivity index (χ2v) is 8.51. The van der Waals surface area contributed by atoms with Crippen LogP contribution in [0.2, 0.25) is 5.02 Å². The van der Waals surface area contributed by atoms with E-state index in [2.05, 4.69) is 14.1 Å². The average Bonchev–Trinajstić information content (AvgIpc) is 3.04. The minimum absolute atomic E-state index is 0.106. The SMILES string of the molecule is Cc1cc(Cl)ccc1NC(=O)CCS(=O)(=O)c1cccc2nsnc12. The molecule has 6 nitrogen and oxygen atoms in total. The third kappa shape index (κ3) is 3.97. The van der Waals surface area contributed by atoms with E-state index >= 15 is 0 Å². The predicted molar refractivity (Wildman–Crippen MR) is 98.9 cm³/mol. The highest BCUT2D eigenvalue weighted by Crippen LogP contribution is 2.23. The van der Waals surface area contributed by atoms with Crippen LogP contribution in [0.4, 0.5) is 5.69 Å². The molecule has 1 amide bonds. The maximum Gasteiger partial charge on any atom is 0.225 e. The fraction of sp³-hybridized carbons (Fsp3) is 0.188. The van der Waals surface area contributed by atoms with Gasteiger partial charge in [-0.1, -0.05) is 17.7 Å². The first-order chi connectivity index (χ1) is 11.9. The van der Waals surface area contributed by atoms with Crippen molar-refractivity contribution in [2.24, 2.45) is 0 Å². The van der Waals surface area contributed by atoms with Gasteiger partial charge in [0, 0.05) is 17.1 Å². The van der Waals surface area contributed by atoms with E-state index in [1.165, 1.54) is 6.07 Å². The molecule has 1 N–H and O–H groups in total. The molecular formula is C16H14ClN3O3S2. The van der Waals surface area contributed by atoms with Crippen molar-refractivity contribution in [3.05, 3.63) is 47.0 Å². The van der Waals surface area contributed by atoms with Gasteiger partial charge >= 0.3 is 0 Å². The standard InChI is InChI=1S/C16H14ClN3O3S2/c1-10-9-11(17)5-6-12(10)18-15(21)7-8-25(22,23)14-4-2-3-13-16(14)20-24-19-13/h2-6,9H,7-8H2,1H3,(H,18,21). The molecule has 0 aliphatic rings. The van der Waals surface area contributed by atoms with Crippen molar-refractivity contribution in [1.29, 1.82) is 0 Å². The summed E-state index contributed by atoms with van der Waals surface area (Å²) in [4.78, 5) is 12.2. The molecular weight excluding hydrogens is 382 g/mol. The third-order valence-corrected chi connectivity index (χ3v) is 6.16. The molecule has 0 aliphatic heterocycles. The number of anilines is 1. The quantitative estimate of drug-likeness (QED) is 0.714. The summed E-state index contributed by atoms with van der Waals surface area (Å²) >= 11 is 6.84. The highest BCUT2D eigenvalue weighted by molar-refractivity contribution is 7.91. The Morgan fingerprint density at radius 2 is 2.04 bits per heavy atom. The Hall–Kier alpha value is -2.03. The van der Waals surface area contributed by atoms with Gasteiger partial charge < -0.3 is 5.32 Å². The fourth-order valence-electron chi connectivity index (χ4n) is 2.35. The molecule has 0 radical (unpaired) electrons. The third-order valence-electron chi connectivity index (χ3n) is 3.64. The zero-order chi connectivity index (χ0) is 18.0. The van der Waals surface area contributed by atoms with E-state index in [-0.39, 0.29) is 23.0 Å². The molecule has 1 aromatic heterocycles. The number of hydrogen-bond acceptors (Lipinski definition) is 6. The van der Waals surface area contributed by atoms with Crippen molar-refractivity contribution >= 4 is 55.8 Å². The summed E-state index contributed by atoms with van der Waals surface area (Å²) in [6.07, 6.45) is -0.154. The maximum absolute atomic E-state index is 12.6. The van der Waals surface area contributed by atoms with E-state index in [1.807, 2.05) is 6.92 Å². The molecule has 3 aromatic rings. The van der Waals surface area contributed by atoms with E-state index in [9.17, 15) is 13.2 Å². The highest BCUT2D eigenvalue weighted by atomic mass is 35.5. The number of nitrogens with one attached hydrogen (secondary N) is 1. The monoisotopic (exact) mass is 395 g/mol. The molecule has 0 saturated heterocycles. The van der Waals surface area contributed by atoms with Crippen molar-refractivity contribution in [2.45, 2.75) is 18.2 Å². The Balaban J connectivity index is 1.72. The first-order valence-corrected chi connectivity index (χ1v) is 10.1. The summed E-state index contributed by atoms with van der Waals surface area (Å²) in [5, 5.41) is 3.28. The van der Waals surface area contributed by atoms with Crippen LogP contribution in [0.3, 0.4) is 0 Å². The molecule has 2 aromatic carbocycles. The van der Waals surface area contributed by atoms with Gasteiger partial charge in [-0.3, -0.25) is 4.79 Å². The molecule has 0 bridgehead atoms. The lowest BCUT2D eigenvalue weighted by Gasteiger charge is -2.09. The van der Waals surface area contributed by atoms with Crippen LogP contribution in [0.15, 0.2) is 41.3 Å². The number of nitrogens with zero attached hydrogens (tertiary/aromatic N) is 2. The smallest absolute Gasteiger partial charge is 0.225 e. The summed E-state index contributed by atoms with van der Waals surface area (Å²) in [5.41, 5.74) is 2.30. The van der Waals surface area contributed by atoms with Crippen LogP contribution in [0, 0.1) is 6.92 Å². The first-order valence-electron chi connectivity index (χ1n) is 7.37. The zero-order valence-electron chi connectivity index (χ0n) is 13.2. The molecule has 0 saturated carbocycles. The van der Waals surface area contributed by atoms with Crippen molar-refractivity contribution in [1.82, 2.24) is 8.75 Å². The second kappa shape index (κ2) is 7.07. The zero-order valence-corrected chi connectivity index (χ0v) is 15.6. The minimum Gasteiger partial charge on any atom is -0.326 e. The molecule has 1 heterocycles. The minimum atomic E-state index is -3.64. The molecule has 0 aliphatic carbocycles. The molecule has 0 spiro atoms. The number of halogens is 1. The van der Waals surface area contributed by atoms with Crippen LogP contribution in [0.5, 0.6) is 0 Å². The summed E-state index contributed by atoms with van der Waals surface area (Å²) in [6, 6.07) is 9.88. The lowest BCUT2D eigenvalue weighted by Crippen LogP contribution is -2.18. The van der Waals surface area contributed by atoms with Gasteiger partial charge in [0.15, 0.2) is 9.84 Å². The number of carbonyl (C=O) groups is 1. The van der Waals surface area contributed by atoms with E-state index in [0.717, 1.165) is 17.3 Å². The second-order valence-electron chi connectivity index (χ2n) is 5.46. The van der Waals surface area contributed by atoms with Crippen molar-refractivity contribution < 1.29 is 13.2 Å². The fourth-order valence-corrected chi connectivity index (χ4v) is 4.59. The summed E-state index contributed by atoms with van der Waals surface area (Å²) in [5.74, 6) is -0.681. The summed E-state index contributed by atoms with van der Waals surface area (Å²) in [7, 11) is -3.64. The Labute approximate surface area is 154 Å². The van der Waals surface area contributed by atoms with Crippen LogP contribution >= 0.6 is 23.3 Å². The molecule has 9 heteroatoms. The van der Waals surface area contributed by atoms with Crippen LogP contribution in [-0.4, -0.2) is 28.8 Å².